The smallest absolute Gasteiger partial charge is 0.137 e. The molecule has 0 heterocycles. The third-order valence-corrected chi connectivity index (χ3v) is 4.36. The van der Waals surface area contributed by atoms with Crippen molar-refractivity contribution in [1.82, 2.24) is 0 Å². The molecule has 20 heavy (non-hydrogen) atoms. The monoisotopic (exact) mass is 309 g/mol. The predicted octanol–water partition coefficient (Wildman–Crippen LogP) is 4.66. The first-order chi connectivity index (χ1) is 9.56. The molecule has 0 radical (unpaired) electrons. The molecule has 1 atom stereocenters. The number of rotatable bonds is 5. The summed E-state index contributed by atoms with van der Waals surface area (Å²) < 4.78 is 14.0. The zero-order chi connectivity index (χ0) is 14.5. The van der Waals surface area contributed by atoms with Gasteiger partial charge in [-0.3, -0.25) is 0 Å². The topological polar surface area (TPSA) is 26.0 Å². The summed E-state index contributed by atoms with van der Waals surface area (Å²) in [6.07, 6.45) is 0.681. The van der Waals surface area contributed by atoms with Gasteiger partial charge in [-0.2, -0.15) is 0 Å². The SMILES string of the molecule is CC(N)Cc1cccc(F)c1SCc1ccc(Cl)cc1. The van der Waals surface area contributed by atoms with Crippen LogP contribution < -0.4 is 5.73 Å². The van der Waals surface area contributed by atoms with Crippen molar-refractivity contribution in [1.29, 1.82) is 0 Å². The molecule has 0 aliphatic heterocycles. The van der Waals surface area contributed by atoms with E-state index in [1.807, 2.05) is 37.3 Å². The second kappa shape index (κ2) is 7.11. The summed E-state index contributed by atoms with van der Waals surface area (Å²) in [7, 11) is 0. The van der Waals surface area contributed by atoms with Crippen molar-refractivity contribution in [2.75, 3.05) is 0 Å². The maximum absolute atomic E-state index is 14.0. The van der Waals surface area contributed by atoms with Crippen LogP contribution in [0.2, 0.25) is 5.02 Å². The van der Waals surface area contributed by atoms with E-state index in [0.29, 0.717) is 22.1 Å². The molecule has 2 aromatic rings. The van der Waals surface area contributed by atoms with Crippen LogP contribution in [0.4, 0.5) is 4.39 Å². The fourth-order valence-corrected chi connectivity index (χ4v) is 3.13. The summed E-state index contributed by atoms with van der Waals surface area (Å²) in [6.45, 7) is 1.93. The first-order valence-electron chi connectivity index (χ1n) is 6.46. The average molecular weight is 310 g/mol. The summed E-state index contributed by atoms with van der Waals surface area (Å²) in [5, 5.41) is 0.710. The minimum Gasteiger partial charge on any atom is -0.328 e. The van der Waals surface area contributed by atoms with Crippen LogP contribution in [0.1, 0.15) is 18.1 Å². The molecule has 106 valence electrons. The van der Waals surface area contributed by atoms with Crippen molar-refractivity contribution in [3.05, 3.63) is 64.4 Å². The van der Waals surface area contributed by atoms with Crippen LogP contribution in [0.15, 0.2) is 47.4 Å². The molecule has 4 heteroatoms. The fraction of sp³-hybridized carbons (Fsp3) is 0.250. The van der Waals surface area contributed by atoms with Gasteiger partial charge in [-0.05, 0) is 42.7 Å². The Bertz CT molecular complexity index is 569. The van der Waals surface area contributed by atoms with E-state index in [-0.39, 0.29) is 11.9 Å². The van der Waals surface area contributed by atoms with Gasteiger partial charge >= 0.3 is 0 Å². The van der Waals surface area contributed by atoms with Crippen LogP contribution in [0, 0.1) is 5.82 Å². The lowest BCUT2D eigenvalue weighted by atomic mass is 10.1. The Morgan fingerprint density at radius 3 is 2.55 bits per heavy atom. The van der Waals surface area contributed by atoms with Crippen molar-refractivity contribution in [3.63, 3.8) is 0 Å². The van der Waals surface area contributed by atoms with Gasteiger partial charge in [-0.25, -0.2) is 4.39 Å². The van der Waals surface area contributed by atoms with E-state index in [4.69, 9.17) is 17.3 Å². The molecule has 0 aromatic heterocycles. The lowest BCUT2D eigenvalue weighted by Gasteiger charge is -2.12. The van der Waals surface area contributed by atoms with Crippen LogP contribution in [-0.4, -0.2) is 6.04 Å². The third kappa shape index (κ3) is 4.23. The minimum atomic E-state index is -0.179. The number of thioether (sulfide) groups is 1. The van der Waals surface area contributed by atoms with Crippen molar-refractivity contribution in [2.45, 2.75) is 30.0 Å². The van der Waals surface area contributed by atoms with Gasteiger partial charge in [0.1, 0.15) is 5.82 Å². The molecule has 2 aromatic carbocycles. The van der Waals surface area contributed by atoms with Crippen molar-refractivity contribution >= 4 is 23.4 Å². The highest BCUT2D eigenvalue weighted by Crippen LogP contribution is 2.30. The normalized spacial score (nSPS) is 12.4. The third-order valence-electron chi connectivity index (χ3n) is 2.89. The molecule has 2 rings (SSSR count). The molecular formula is C16H17ClFNS. The standard InChI is InChI=1S/C16H17ClFNS/c1-11(19)9-13-3-2-4-15(18)16(13)20-10-12-5-7-14(17)8-6-12/h2-8,11H,9-10,19H2,1H3. The summed E-state index contributed by atoms with van der Waals surface area (Å²) >= 11 is 7.36. The van der Waals surface area contributed by atoms with E-state index in [1.54, 1.807) is 6.07 Å². The highest BCUT2D eigenvalue weighted by atomic mass is 35.5. The quantitative estimate of drug-likeness (QED) is 0.813. The van der Waals surface area contributed by atoms with Crippen molar-refractivity contribution in [3.8, 4) is 0 Å². The van der Waals surface area contributed by atoms with Gasteiger partial charge < -0.3 is 5.73 Å². The molecule has 2 N–H and O–H groups in total. The Labute approximate surface area is 128 Å². The Kier molecular flexibility index (Phi) is 5.46. The lowest BCUT2D eigenvalue weighted by Crippen LogP contribution is -2.18. The molecule has 0 spiro atoms. The van der Waals surface area contributed by atoms with Gasteiger partial charge in [0, 0.05) is 21.7 Å². The van der Waals surface area contributed by atoms with Gasteiger partial charge in [-0.1, -0.05) is 35.9 Å². The summed E-state index contributed by atoms with van der Waals surface area (Å²) in [5.41, 5.74) is 7.91. The van der Waals surface area contributed by atoms with Crippen molar-refractivity contribution < 1.29 is 4.39 Å². The zero-order valence-corrected chi connectivity index (χ0v) is 12.8. The Morgan fingerprint density at radius 2 is 1.90 bits per heavy atom. The van der Waals surface area contributed by atoms with Crippen molar-refractivity contribution in [2.24, 2.45) is 5.73 Å². The van der Waals surface area contributed by atoms with E-state index in [0.717, 1.165) is 11.1 Å². The van der Waals surface area contributed by atoms with Crippen LogP contribution in [-0.2, 0) is 12.2 Å². The first-order valence-corrected chi connectivity index (χ1v) is 7.83. The van der Waals surface area contributed by atoms with Gasteiger partial charge in [0.25, 0.3) is 0 Å². The number of hydrogen-bond donors (Lipinski definition) is 1. The van der Waals surface area contributed by atoms with E-state index in [9.17, 15) is 4.39 Å². The Morgan fingerprint density at radius 1 is 1.20 bits per heavy atom. The van der Waals surface area contributed by atoms with E-state index >= 15 is 0 Å². The average Bonchev–Trinajstić information content (AvgIpc) is 2.39. The second-order valence-corrected chi connectivity index (χ2v) is 6.25. The van der Waals surface area contributed by atoms with Gasteiger partial charge in [0.15, 0.2) is 0 Å². The maximum Gasteiger partial charge on any atom is 0.137 e. The van der Waals surface area contributed by atoms with Crippen LogP contribution in [0.3, 0.4) is 0 Å². The number of benzene rings is 2. The molecule has 0 aliphatic rings. The molecule has 0 aliphatic carbocycles. The minimum absolute atomic E-state index is 0.0201. The molecule has 1 nitrogen and oxygen atoms in total. The lowest BCUT2D eigenvalue weighted by molar-refractivity contribution is 0.592. The fourth-order valence-electron chi connectivity index (χ4n) is 1.96. The highest BCUT2D eigenvalue weighted by molar-refractivity contribution is 7.98. The van der Waals surface area contributed by atoms with Gasteiger partial charge in [0.2, 0.25) is 0 Å². The molecule has 0 saturated carbocycles. The van der Waals surface area contributed by atoms with Crippen LogP contribution in [0.25, 0.3) is 0 Å². The van der Waals surface area contributed by atoms with Crippen LogP contribution in [0.5, 0.6) is 0 Å². The first kappa shape index (κ1) is 15.4. The van der Waals surface area contributed by atoms with Crippen LogP contribution >= 0.6 is 23.4 Å². The van der Waals surface area contributed by atoms with E-state index < -0.39 is 0 Å². The Balaban J connectivity index is 2.13. The van der Waals surface area contributed by atoms with Gasteiger partial charge in [0.05, 0.1) is 0 Å². The zero-order valence-electron chi connectivity index (χ0n) is 11.3. The molecule has 0 saturated heterocycles. The van der Waals surface area contributed by atoms with Gasteiger partial charge in [-0.15, -0.1) is 11.8 Å². The molecule has 1 unspecified atom stereocenters. The number of hydrogen-bond acceptors (Lipinski definition) is 2. The molecule has 0 bridgehead atoms. The summed E-state index contributed by atoms with van der Waals surface area (Å²) in [6, 6.07) is 12.8. The molecule has 0 fully saturated rings. The van der Waals surface area contributed by atoms with E-state index in [2.05, 4.69) is 0 Å². The van der Waals surface area contributed by atoms with E-state index in [1.165, 1.54) is 17.8 Å². The Hall–Kier alpha value is -1.03. The highest BCUT2D eigenvalue weighted by Gasteiger charge is 2.10. The summed E-state index contributed by atoms with van der Waals surface area (Å²) in [4.78, 5) is 0.694. The molecule has 0 amide bonds. The molecular weight excluding hydrogens is 293 g/mol. The largest absolute Gasteiger partial charge is 0.328 e. The predicted molar refractivity (Wildman–Crippen MR) is 84.8 cm³/mol. The number of halogens is 2. The number of nitrogens with two attached hydrogens (primary N) is 1. The summed E-state index contributed by atoms with van der Waals surface area (Å²) in [5.74, 6) is 0.534. The maximum atomic E-state index is 14.0. The second-order valence-electron chi connectivity index (χ2n) is 4.82.